The van der Waals surface area contributed by atoms with Gasteiger partial charge in [-0.2, -0.15) is 0 Å². The first-order valence-corrected chi connectivity index (χ1v) is 7.67. The largest absolute Gasteiger partial charge is 0.342 e. The SMILES string of the molecule is CCC(CC)CN(CC)C(=O)Cc1csc(C)n1. The van der Waals surface area contributed by atoms with E-state index in [1.54, 1.807) is 11.3 Å². The molecule has 1 aromatic rings. The summed E-state index contributed by atoms with van der Waals surface area (Å²) >= 11 is 1.61. The van der Waals surface area contributed by atoms with Gasteiger partial charge in [0.15, 0.2) is 0 Å². The first kappa shape index (κ1) is 15.2. The predicted octanol–water partition coefficient (Wildman–Crippen LogP) is 3.28. The molecule has 0 saturated heterocycles. The smallest absolute Gasteiger partial charge is 0.228 e. The van der Waals surface area contributed by atoms with E-state index < -0.39 is 0 Å². The van der Waals surface area contributed by atoms with Crippen molar-refractivity contribution in [1.29, 1.82) is 0 Å². The molecule has 0 aliphatic carbocycles. The molecule has 0 aliphatic rings. The van der Waals surface area contributed by atoms with Crippen LogP contribution in [0.4, 0.5) is 0 Å². The Labute approximate surface area is 114 Å². The number of rotatable bonds is 7. The Morgan fingerprint density at radius 3 is 2.50 bits per heavy atom. The highest BCUT2D eigenvalue weighted by Crippen LogP contribution is 2.13. The highest BCUT2D eigenvalue weighted by Gasteiger charge is 2.16. The number of aryl methyl sites for hydroxylation is 1. The van der Waals surface area contributed by atoms with Crippen LogP contribution in [0.1, 0.15) is 44.3 Å². The molecule has 0 aliphatic heterocycles. The normalized spacial score (nSPS) is 10.9. The highest BCUT2D eigenvalue weighted by atomic mass is 32.1. The van der Waals surface area contributed by atoms with E-state index >= 15 is 0 Å². The summed E-state index contributed by atoms with van der Waals surface area (Å²) < 4.78 is 0. The Morgan fingerprint density at radius 2 is 2.06 bits per heavy atom. The summed E-state index contributed by atoms with van der Waals surface area (Å²) in [5.74, 6) is 0.820. The van der Waals surface area contributed by atoms with E-state index in [1.165, 1.54) is 0 Å². The lowest BCUT2D eigenvalue weighted by atomic mass is 10.0. The summed E-state index contributed by atoms with van der Waals surface area (Å²) in [6, 6.07) is 0. The molecular weight excluding hydrogens is 244 g/mol. The zero-order valence-corrected chi connectivity index (χ0v) is 12.7. The van der Waals surface area contributed by atoms with Crippen LogP contribution in [0.5, 0.6) is 0 Å². The molecule has 0 atom stereocenters. The molecule has 0 saturated carbocycles. The molecule has 0 N–H and O–H groups in total. The molecule has 0 fully saturated rings. The molecule has 0 spiro atoms. The Balaban J connectivity index is 2.56. The van der Waals surface area contributed by atoms with Crippen LogP contribution in [0, 0.1) is 12.8 Å². The van der Waals surface area contributed by atoms with Crippen LogP contribution in [-0.4, -0.2) is 28.9 Å². The zero-order valence-electron chi connectivity index (χ0n) is 11.9. The van der Waals surface area contributed by atoms with Gasteiger partial charge >= 0.3 is 0 Å². The number of carbonyl (C=O) groups excluding carboxylic acids is 1. The van der Waals surface area contributed by atoms with Crippen LogP contribution in [0.3, 0.4) is 0 Å². The molecular formula is C14H24N2OS. The zero-order chi connectivity index (χ0) is 13.5. The van der Waals surface area contributed by atoms with Crippen molar-refractivity contribution in [2.45, 2.75) is 47.0 Å². The number of aromatic nitrogens is 1. The quantitative estimate of drug-likeness (QED) is 0.760. The molecule has 18 heavy (non-hydrogen) atoms. The fourth-order valence-electron chi connectivity index (χ4n) is 2.02. The van der Waals surface area contributed by atoms with E-state index in [9.17, 15) is 4.79 Å². The van der Waals surface area contributed by atoms with E-state index in [4.69, 9.17) is 0 Å². The molecule has 4 heteroatoms. The van der Waals surface area contributed by atoms with Crippen molar-refractivity contribution >= 4 is 17.2 Å². The summed E-state index contributed by atoms with van der Waals surface area (Å²) in [5.41, 5.74) is 0.908. The highest BCUT2D eigenvalue weighted by molar-refractivity contribution is 7.09. The van der Waals surface area contributed by atoms with Crippen LogP contribution in [0.15, 0.2) is 5.38 Å². The van der Waals surface area contributed by atoms with Gasteiger partial charge in [-0.25, -0.2) is 4.98 Å². The Kier molecular flexibility index (Phi) is 6.33. The second-order valence-electron chi connectivity index (χ2n) is 4.65. The molecule has 0 radical (unpaired) electrons. The lowest BCUT2D eigenvalue weighted by Crippen LogP contribution is -2.36. The average Bonchev–Trinajstić information content (AvgIpc) is 2.76. The maximum absolute atomic E-state index is 12.2. The lowest BCUT2D eigenvalue weighted by molar-refractivity contribution is -0.131. The van der Waals surface area contributed by atoms with Gasteiger partial charge < -0.3 is 4.90 Å². The minimum absolute atomic E-state index is 0.203. The van der Waals surface area contributed by atoms with Gasteiger partial charge in [-0.05, 0) is 19.8 Å². The number of amides is 1. The minimum Gasteiger partial charge on any atom is -0.342 e. The van der Waals surface area contributed by atoms with Crippen LogP contribution in [0.25, 0.3) is 0 Å². The average molecular weight is 268 g/mol. The molecule has 0 unspecified atom stereocenters. The Morgan fingerprint density at radius 1 is 1.39 bits per heavy atom. The van der Waals surface area contributed by atoms with Gasteiger partial charge in [-0.15, -0.1) is 11.3 Å². The number of hydrogen-bond acceptors (Lipinski definition) is 3. The standard InChI is InChI=1S/C14H24N2OS/c1-5-12(6-2)9-16(7-3)14(17)8-13-10-18-11(4)15-13/h10,12H,5-9H2,1-4H3. The van der Waals surface area contributed by atoms with Crippen molar-refractivity contribution < 1.29 is 4.79 Å². The van der Waals surface area contributed by atoms with Gasteiger partial charge in [0.2, 0.25) is 5.91 Å². The van der Waals surface area contributed by atoms with E-state index in [1.807, 2.05) is 24.1 Å². The molecule has 0 aromatic carbocycles. The van der Waals surface area contributed by atoms with Gasteiger partial charge in [0.1, 0.15) is 0 Å². The van der Waals surface area contributed by atoms with Gasteiger partial charge in [-0.3, -0.25) is 4.79 Å². The molecule has 1 amide bonds. The number of carbonyl (C=O) groups is 1. The Bertz CT molecular complexity index is 372. The Hall–Kier alpha value is -0.900. The monoisotopic (exact) mass is 268 g/mol. The van der Waals surface area contributed by atoms with E-state index in [-0.39, 0.29) is 5.91 Å². The first-order valence-electron chi connectivity index (χ1n) is 6.79. The minimum atomic E-state index is 0.203. The van der Waals surface area contributed by atoms with Crippen LogP contribution < -0.4 is 0 Å². The molecule has 1 aromatic heterocycles. The molecule has 1 rings (SSSR count). The van der Waals surface area contributed by atoms with Crippen molar-refractivity contribution in [3.8, 4) is 0 Å². The van der Waals surface area contributed by atoms with Crippen LogP contribution >= 0.6 is 11.3 Å². The van der Waals surface area contributed by atoms with E-state index in [0.717, 1.165) is 36.6 Å². The second kappa shape index (κ2) is 7.52. The molecule has 1 heterocycles. The molecule has 0 bridgehead atoms. The van der Waals surface area contributed by atoms with Crippen LogP contribution in [0.2, 0.25) is 0 Å². The third kappa shape index (κ3) is 4.41. The fourth-order valence-corrected chi connectivity index (χ4v) is 2.63. The summed E-state index contributed by atoms with van der Waals surface area (Å²) in [4.78, 5) is 18.5. The van der Waals surface area contributed by atoms with Crippen molar-refractivity contribution in [1.82, 2.24) is 9.88 Å². The lowest BCUT2D eigenvalue weighted by Gasteiger charge is -2.25. The van der Waals surface area contributed by atoms with Gasteiger partial charge in [0.25, 0.3) is 0 Å². The third-order valence-corrected chi connectivity index (χ3v) is 4.19. The summed E-state index contributed by atoms with van der Waals surface area (Å²) in [5, 5.41) is 3.01. The summed E-state index contributed by atoms with van der Waals surface area (Å²) in [6.07, 6.45) is 2.71. The third-order valence-electron chi connectivity index (χ3n) is 3.37. The van der Waals surface area contributed by atoms with Crippen molar-refractivity contribution in [2.24, 2.45) is 5.92 Å². The number of likely N-dealkylation sites (N-methyl/N-ethyl adjacent to an activating group) is 1. The summed E-state index contributed by atoms with van der Waals surface area (Å²) in [6.45, 7) is 10.1. The van der Waals surface area contributed by atoms with Gasteiger partial charge in [0.05, 0.1) is 17.1 Å². The van der Waals surface area contributed by atoms with Gasteiger partial charge in [0, 0.05) is 18.5 Å². The molecule has 3 nitrogen and oxygen atoms in total. The molecule has 102 valence electrons. The number of hydrogen-bond donors (Lipinski definition) is 0. The topological polar surface area (TPSA) is 33.2 Å². The van der Waals surface area contributed by atoms with Crippen molar-refractivity contribution in [3.05, 3.63) is 16.1 Å². The summed E-state index contributed by atoms with van der Waals surface area (Å²) in [7, 11) is 0. The number of nitrogens with zero attached hydrogens (tertiary/aromatic N) is 2. The van der Waals surface area contributed by atoms with E-state index in [2.05, 4.69) is 18.8 Å². The van der Waals surface area contributed by atoms with Gasteiger partial charge in [-0.1, -0.05) is 26.7 Å². The fraction of sp³-hybridized carbons (Fsp3) is 0.714. The first-order chi connectivity index (χ1) is 8.60. The van der Waals surface area contributed by atoms with E-state index in [0.29, 0.717) is 12.3 Å². The predicted molar refractivity (Wildman–Crippen MR) is 76.9 cm³/mol. The maximum atomic E-state index is 12.2. The second-order valence-corrected chi connectivity index (χ2v) is 5.71. The van der Waals surface area contributed by atoms with Crippen molar-refractivity contribution in [2.75, 3.05) is 13.1 Å². The number of thiazole rings is 1. The van der Waals surface area contributed by atoms with Crippen LogP contribution in [-0.2, 0) is 11.2 Å². The maximum Gasteiger partial charge on any atom is 0.228 e. The van der Waals surface area contributed by atoms with Crippen molar-refractivity contribution in [3.63, 3.8) is 0 Å².